The van der Waals surface area contributed by atoms with Gasteiger partial charge in [0.05, 0.1) is 11.0 Å². The molecule has 0 aliphatic carbocycles. The molecule has 2 rings (SSSR count). The molecule has 0 radical (unpaired) electrons. The Morgan fingerprint density at radius 3 is 2.48 bits per heavy atom. The summed E-state index contributed by atoms with van der Waals surface area (Å²) >= 11 is 0. The van der Waals surface area contributed by atoms with Gasteiger partial charge in [0.1, 0.15) is 23.9 Å². The maximum absolute atomic E-state index is 11.0. The highest BCUT2D eigenvalue weighted by Crippen LogP contribution is 2.27. The standard InChI is InChI=1S/C13H16N2O8/c1-5-9(16)10(17)11(18)12(23-5)14-6-2-3-7(13(19)20)8(4-6)15(21)22/h2-5,9-12,14,16-18H,1H3,(H,19,20)/t5-,9+,10+,11+,12-/m1/s1. The molecule has 1 fully saturated rings. The van der Waals surface area contributed by atoms with Gasteiger partial charge in [0.15, 0.2) is 6.23 Å². The van der Waals surface area contributed by atoms with Crippen LogP contribution >= 0.6 is 0 Å². The molecule has 1 aliphatic rings. The van der Waals surface area contributed by atoms with Crippen LogP contribution in [0.25, 0.3) is 0 Å². The highest BCUT2D eigenvalue weighted by Gasteiger charge is 2.41. The van der Waals surface area contributed by atoms with Crippen molar-refractivity contribution in [2.75, 3.05) is 5.32 Å². The monoisotopic (exact) mass is 328 g/mol. The molecule has 10 heteroatoms. The number of nitro benzene ring substituents is 1. The highest BCUT2D eigenvalue weighted by atomic mass is 16.6. The first kappa shape index (κ1) is 17.1. The molecule has 0 unspecified atom stereocenters. The van der Waals surface area contributed by atoms with Crippen LogP contribution in [0, 0.1) is 10.1 Å². The zero-order valence-corrected chi connectivity index (χ0v) is 12.0. The summed E-state index contributed by atoms with van der Waals surface area (Å²) in [7, 11) is 0. The number of hydrogen-bond acceptors (Lipinski definition) is 8. The number of ether oxygens (including phenoxy) is 1. The number of nitrogens with zero attached hydrogens (tertiary/aromatic N) is 1. The van der Waals surface area contributed by atoms with Gasteiger partial charge in [-0.3, -0.25) is 10.1 Å². The number of hydrogen-bond donors (Lipinski definition) is 5. The Hall–Kier alpha value is -2.27. The third-order valence-corrected chi connectivity index (χ3v) is 3.59. The van der Waals surface area contributed by atoms with Crippen LogP contribution < -0.4 is 5.32 Å². The lowest BCUT2D eigenvalue weighted by atomic mass is 9.99. The average molecular weight is 328 g/mol. The molecule has 1 heterocycles. The largest absolute Gasteiger partial charge is 0.477 e. The third-order valence-electron chi connectivity index (χ3n) is 3.59. The zero-order chi connectivity index (χ0) is 17.3. The lowest BCUT2D eigenvalue weighted by molar-refractivity contribution is -0.385. The number of benzene rings is 1. The van der Waals surface area contributed by atoms with Crippen LogP contribution in [-0.2, 0) is 4.74 Å². The molecule has 1 aromatic rings. The Kier molecular flexibility index (Phi) is 4.80. The molecular weight excluding hydrogens is 312 g/mol. The molecule has 0 amide bonds. The van der Waals surface area contributed by atoms with Gasteiger partial charge in [0, 0.05) is 11.8 Å². The smallest absolute Gasteiger partial charge is 0.342 e. The Morgan fingerprint density at radius 2 is 1.91 bits per heavy atom. The summed E-state index contributed by atoms with van der Waals surface area (Å²) in [4.78, 5) is 21.1. The first-order valence-electron chi connectivity index (χ1n) is 6.70. The number of anilines is 1. The topological polar surface area (TPSA) is 162 Å². The Labute approximate surface area is 130 Å². The molecule has 0 aromatic heterocycles. The first-order chi connectivity index (χ1) is 10.7. The second kappa shape index (κ2) is 6.46. The van der Waals surface area contributed by atoms with Gasteiger partial charge >= 0.3 is 5.97 Å². The lowest BCUT2D eigenvalue weighted by Crippen LogP contribution is -2.58. The van der Waals surface area contributed by atoms with Gasteiger partial charge in [-0.25, -0.2) is 4.79 Å². The molecule has 1 aliphatic heterocycles. The SMILES string of the molecule is C[C@H]1O[C@@H](Nc2ccc(C(=O)O)c([N+](=O)[O-])c2)[C@@H](O)[C@@H](O)[C@H]1O. The predicted octanol–water partition coefficient (Wildman–Crippen LogP) is -0.468. The molecule has 0 bridgehead atoms. The minimum atomic E-state index is -1.47. The van der Waals surface area contributed by atoms with Crippen molar-refractivity contribution < 1.29 is 34.9 Å². The van der Waals surface area contributed by atoms with Crippen LogP contribution in [-0.4, -0.2) is 62.0 Å². The van der Waals surface area contributed by atoms with Crippen molar-refractivity contribution in [2.24, 2.45) is 0 Å². The lowest BCUT2D eigenvalue weighted by Gasteiger charge is -2.39. The number of rotatable bonds is 4. The Morgan fingerprint density at radius 1 is 1.26 bits per heavy atom. The van der Waals surface area contributed by atoms with E-state index in [0.717, 1.165) is 12.1 Å². The summed E-state index contributed by atoms with van der Waals surface area (Å²) in [6, 6.07) is 3.31. The van der Waals surface area contributed by atoms with Crippen LogP contribution in [0.2, 0.25) is 0 Å². The van der Waals surface area contributed by atoms with Crippen molar-refractivity contribution >= 4 is 17.3 Å². The molecule has 0 spiro atoms. The van der Waals surface area contributed by atoms with E-state index >= 15 is 0 Å². The van der Waals surface area contributed by atoms with E-state index in [1.54, 1.807) is 0 Å². The third kappa shape index (κ3) is 3.40. The summed E-state index contributed by atoms with van der Waals surface area (Å²) in [5, 5.41) is 51.7. The summed E-state index contributed by atoms with van der Waals surface area (Å²) < 4.78 is 5.31. The van der Waals surface area contributed by atoms with E-state index in [0.29, 0.717) is 0 Å². The van der Waals surface area contributed by atoms with Crippen LogP contribution in [0.4, 0.5) is 11.4 Å². The molecule has 10 nitrogen and oxygen atoms in total. The molecule has 5 N–H and O–H groups in total. The van der Waals surface area contributed by atoms with Crippen LogP contribution in [0.5, 0.6) is 0 Å². The molecule has 23 heavy (non-hydrogen) atoms. The number of nitro groups is 1. The van der Waals surface area contributed by atoms with E-state index in [1.807, 2.05) is 0 Å². The number of aromatic carboxylic acids is 1. The van der Waals surface area contributed by atoms with Crippen LogP contribution in [0.15, 0.2) is 18.2 Å². The molecule has 1 aromatic carbocycles. The van der Waals surface area contributed by atoms with Crippen molar-refractivity contribution in [3.63, 3.8) is 0 Å². The van der Waals surface area contributed by atoms with Crippen LogP contribution in [0.3, 0.4) is 0 Å². The molecule has 0 saturated carbocycles. The fraction of sp³-hybridized carbons (Fsp3) is 0.462. The van der Waals surface area contributed by atoms with E-state index in [4.69, 9.17) is 9.84 Å². The summed E-state index contributed by atoms with van der Waals surface area (Å²) in [5.41, 5.74) is -0.975. The maximum Gasteiger partial charge on any atom is 0.342 e. The summed E-state index contributed by atoms with van der Waals surface area (Å²) in [6.07, 6.45) is -6.10. The van der Waals surface area contributed by atoms with E-state index in [9.17, 15) is 30.2 Å². The van der Waals surface area contributed by atoms with E-state index in [1.165, 1.54) is 13.0 Å². The van der Waals surface area contributed by atoms with Crippen molar-refractivity contribution in [1.29, 1.82) is 0 Å². The quantitative estimate of drug-likeness (QED) is 0.363. The van der Waals surface area contributed by atoms with Crippen molar-refractivity contribution in [2.45, 2.75) is 37.6 Å². The Bertz CT molecular complexity index is 622. The number of carbonyl (C=O) groups is 1. The maximum atomic E-state index is 11.0. The van der Waals surface area contributed by atoms with E-state index < -0.39 is 52.8 Å². The second-order valence-corrected chi connectivity index (χ2v) is 5.17. The fourth-order valence-electron chi connectivity index (χ4n) is 2.29. The predicted molar refractivity (Wildman–Crippen MR) is 76.0 cm³/mol. The van der Waals surface area contributed by atoms with Gasteiger partial charge in [0.2, 0.25) is 0 Å². The number of carboxylic acid groups (broad SMARTS) is 1. The molecule has 126 valence electrons. The fourth-order valence-corrected chi connectivity index (χ4v) is 2.29. The van der Waals surface area contributed by atoms with Crippen molar-refractivity contribution in [3.8, 4) is 0 Å². The summed E-state index contributed by atoms with van der Waals surface area (Å²) in [6.45, 7) is 1.49. The van der Waals surface area contributed by atoms with Gasteiger partial charge in [-0.1, -0.05) is 0 Å². The minimum Gasteiger partial charge on any atom is -0.477 e. The molecule has 5 atom stereocenters. The van der Waals surface area contributed by atoms with Crippen molar-refractivity contribution in [1.82, 2.24) is 0 Å². The minimum absolute atomic E-state index is 0.126. The number of nitrogens with one attached hydrogen (secondary N) is 1. The van der Waals surface area contributed by atoms with E-state index in [-0.39, 0.29) is 5.69 Å². The number of carboxylic acids is 1. The normalized spacial score (nSPS) is 30.7. The second-order valence-electron chi connectivity index (χ2n) is 5.17. The Balaban J connectivity index is 2.25. The molecule has 1 saturated heterocycles. The van der Waals surface area contributed by atoms with E-state index in [2.05, 4.69) is 5.32 Å². The van der Waals surface area contributed by atoms with Gasteiger partial charge in [-0.2, -0.15) is 0 Å². The number of aliphatic hydroxyl groups is 3. The summed E-state index contributed by atoms with van der Waals surface area (Å²) in [5.74, 6) is -1.44. The first-order valence-corrected chi connectivity index (χ1v) is 6.70. The molecular formula is C13H16N2O8. The average Bonchev–Trinajstić information content (AvgIpc) is 2.50. The zero-order valence-electron chi connectivity index (χ0n) is 12.0. The highest BCUT2D eigenvalue weighted by molar-refractivity contribution is 5.93. The van der Waals surface area contributed by atoms with Gasteiger partial charge < -0.3 is 30.5 Å². The van der Waals surface area contributed by atoms with Gasteiger partial charge in [-0.05, 0) is 19.1 Å². The van der Waals surface area contributed by atoms with Crippen LogP contribution in [0.1, 0.15) is 17.3 Å². The van der Waals surface area contributed by atoms with Crippen molar-refractivity contribution in [3.05, 3.63) is 33.9 Å². The van der Waals surface area contributed by atoms with Gasteiger partial charge in [0.25, 0.3) is 5.69 Å². The van der Waals surface area contributed by atoms with Gasteiger partial charge in [-0.15, -0.1) is 0 Å². The number of aliphatic hydroxyl groups excluding tert-OH is 3.